The standard InChI is InChI=1S/C10H17NO4S/c1-3-8(12)11-6-7(2)16-10(15)5-4-9(13)14/h7H,3-6H2,1-2H3,(H,11,12)(H,13,14). The summed E-state index contributed by atoms with van der Waals surface area (Å²) in [5.74, 6) is -1.02. The van der Waals surface area contributed by atoms with Crippen molar-refractivity contribution in [2.45, 2.75) is 38.4 Å². The van der Waals surface area contributed by atoms with Crippen LogP contribution in [0, 0.1) is 0 Å². The van der Waals surface area contributed by atoms with Gasteiger partial charge in [0.05, 0.1) is 6.42 Å². The average Bonchev–Trinajstić information content (AvgIpc) is 2.23. The number of rotatable bonds is 7. The Balaban J connectivity index is 3.69. The van der Waals surface area contributed by atoms with Crippen LogP contribution in [0.25, 0.3) is 0 Å². The summed E-state index contributed by atoms with van der Waals surface area (Å²) in [6.07, 6.45) is 0.316. The molecule has 16 heavy (non-hydrogen) atoms. The number of hydrogen-bond acceptors (Lipinski definition) is 4. The normalized spacial score (nSPS) is 11.9. The predicted molar refractivity (Wildman–Crippen MR) is 62.2 cm³/mol. The summed E-state index contributed by atoms with van der Waals surface area (Å²) in [6, 6.07) is 0. The molecule has 1 amide bonds. The number of thioether (sulfide) groups is 1. The van der Waals surface area contributed by atoms with Gasteiger partial charge in [0.25, 0.3) is 0 Å². The van der Waals surface area contributed by atoms with Gasteiger partial charge in [0.2, 0.25) is 5.91 Å². The van der Waals surface area contributed by atoms with Crippen molar-refractivity contribution in [2.75, 3.05) is 6.54 Å². The van der Waals surface area contributed by atoms with Crippen molar-refractivity contribution < 1.29 is 19.5 Å². The number of hydrogen-bond donors (Lipinski definition) is 2. The summed E-state index contributed by atoms with van der Waals surface area (Å²) < 4.78 is 0. The van der Waals surface area contributed by atoms with E-state index in [1.54, 1.807) is 6.92 Å². The molecule has 0 rings (SSSR count). The third-order valence-corrected chi connectivity index (χ3v) is 2.82. The summed E-state index contributed by atoms with van der Waals surface area (Å²) in [5.41, 5.74) is 0. The van der Waals surface area contributed by atoms with Crippen molar-refractivity contribution in [1.82, 2.24) is 5.32 Å². The molecule has 0 saturated carbocycles. The molecule has 92 valence electrons. The number of carboxylic acids is 1. The van der Waals surface area contributed by atoms with Gasteiger partial charge in [-0.3, -0.25) is 14.4 Å². The number of aliphatic carboxylic acids is 1. The highest BCUT2D eigenvalue weighted by atomic mass is 32.2. The highest BCUT2D eigenvalue weighted by Gasteiger charge is 2.12. The van der Waals surface area contributed by atoms with Gasteiger partial charge in [-0.15, -0.1) is 0 Å². The van der Waals surface area contributed by atoms with Crippen molar-refractivity contribution in [3.63, 3.8) is 0 Å². The van der Waals surface area contributed by atoms with E-state index in [1.807, 2.05) is 6.92 Å². The first-order chi connectivity index (χ1) is 7.45. The Bertz CT molecular complexity index is 268. The molecular formula is C10H17NO4S. The lowest BCUT2D eigenvalue weighted by Gasteiger charge is -2.10. The Kier molecular flexibility index (Phi) is 7.62. The second-order valence-electron chi connectivity index (χ2n) is 3.35. The number of carboxylic acid groups (broad SMARTS) is 1. The summed E-state index contributed by atoms with van der Waals surface area (Å²) in [6.45, 7) is 4.00. The predicted octanol–water partition coefficient (Wildman–Crippen LogP) is 1.03. The zero-order valence-corrected chi connectivity index (χ0v) is 10.3. The lowest BCUT2D eigenvalue weighted by atomic mass is 10.3. The summed E-state index contributed by atoms with van der Waals surface area (Å²) in [7, 11) is 0. The molecule has 0 bridgehead atoms. The molecule has 0 spiro atoms. The van der Waals surface area contributed by atoms with E-state index < -0.39 is 5.97 Å². The average molecular weight is 247 g/mol. The number of nitrogens with one attached hydrogen (secondary N) is 1. The van der Waals surface area contributed by atoms with Crippen LogP contribution in [-0.4, -0.2) is 33.9 Å². The Labute approximate surface area is 99.0 Å². The summed E-state index contributed by atoms with van der Waals surface area (Å²) >= 11 is 1.08. The minimum absolute atomic E-state index is 0.0307. The molecule has 0 fully saturated rings. The molecule has 1 unspecified atom stereocenters. The van der Waals surface area contributed by atoms with E-state index in [9.17, 15) is 14.4 Å². The first-order valence-electron chi connectivity index (χ1n) is 5.13. The Morgan fingerprint density at radius 2 is 1.94 bits per heavy atom. The monoisotopic (exact) mass is 247 g/mol. The molecule has 0 aromatic heterocycles. The second-order valence-corrected chi connectivity index (χ2v) is 4.85. The van der Waals surface area contributed by atoms with E-state index in [0.717, 1.165) is 11.8 Å². The topological polar surface area (TPSA) is 83.5 Å². The van der Waals surface area contributed by atoms with Gasteiger partial charge in [0.1, 0.15) is 0 Å². The molecule has 0 aliphatic heterocycles. The number of amides is 1. The van der Waals surface area contributed by atoms with Gasteiger partial charge in [-0.2, -0.15) is 0 Å². The molecular weight excluding hydrogens is 230 g/mol. The van der Waals surface area contributed by atoms with Crippen LogP contribution < -0.4 is 5.32 Å². The fourth-order valence-electron chi connectivity index (χ4n) is 0.917. The van der Waals surface area contributed by atoms with Gasteiger partial charge < -0.3 is 10.4 Å². The van der Waals surface area contributed by atoms with Gasteiger partial charge in [0, 0.05) is 24.6 Å². The highest BCUT2D eigenvalue weighted by Crippen LogP contribution is 2.14. The lowest BCUT2D eigenvalue weighted by molar-refractivity contribution is -0.138. The SMILES string of the molecule is CCC(=O)NCC(C)SC(=O)CCC(=O)O. The zero-order chi connectivity index (χ0) is 12.6. The van der Waals surface area contributed by atoms with Gasteiger partial charge >= 0.3 is 5.97 Å². The first-order valence-corrected chi connectivity index (χ1v) is 6.01. The summed E-state index contributed by atoms with van der Waals surface area (Å²) in [4.78, 5) is 32.4. The molecule has 0 heterocycles. The Morgan fingerprint density at radius 3 is 2.44 bits per heavy atom. The van der Waals surface area contributed by atoms with Gasteiger partial charge in [-0.05, 0) is 0 Å². The van der Waals surface area contributed by atoms with E-state index in [4.69, 9.17) is 5.11 Å². The van der Waals surface area contributed by atoms with Crippen LogP contribution in [0.1, 0.15) is 33.1 Å². The smallest absolute Gasteiger partial charge is 0.303 e. The van der Waals surface area contributed by atoms with E-state index in [-0.39, 0.29) is 29.1 Å². The molecule has 0 radical (unpaired) electrons. The van der Waals surface area contributed by atoms with Crippen LogP contribution in [0.4, 0.5) is 0 Å². The molecule has 0 aromatic carbocycles. The van der Waals surface area contributed by atoms with Crippen molar-refractivity contribution in [3.05, 3.63) is 0 Å². The van der Waals surface area contributed by atoms with Crippen LogP contribution in [0.5, 0.6) is 0 Å². The van der Waals surface area contributed by atoms with Crippen LogP contribution in [0.15, 0.2) is 0 Å². The first kappa shape index (κ1) is 15.0. The fourth-order valence-corrected chi connectivity index (χ4v) is 1.75. The van der Waals surface area contributed by atoms with Crippen LogP contribution in [0.3, 0.4) is 0 Å². The van der Waals surface area contributed by atoms with E-state index in [1.165, 1.54) is 0 Å². The van der Waals surface area contributed by atoms with E-state index in [2.05, 4.69) is 5.32 Å². The third-order valence-electron chi connectivity index (χ3n) is 1.78. The van der Waals surface area contributed by atoms with Crippen molar-refractivity contribution >= 4 is 28.8 Å². The van der Waals surface area contributed by atoms with E-state index >= 15 is 0 Å². The maximum Gasteiger partial charge on any atom is 0.303 e. The lowest BCUT2D eigenvalue weighted by Crippen LogP contribution is -2.29. The quantitative estimate of drug-likeness (QED) is 0.702. The number of carbonyl (C=O) groups is 3. The fraction of sp³-hybridized carbons (Fsp3) is 0.700. The Hall–Kier alpha value is -1.04. The maximum atomic E-state index is 11.3. The molecule has 5 nitrogen and oxygen atoms in total. The van der Waals surface area contributed by atoms with Crippen LogP contribution in [-0.2, 0) is 14.4 Å². The van der Waals surface area contributed by atoms with Crippen molar-refractivity contribution in [2.24, 2.45) is 0 Å². The maximum absolute atomic E-state index is 11.3. The zero-order valence-electron chi connectivity index (χ0n) is 9.49. The Morgan fingerprint density at radius 1 is 1.31 bits per heavy atom. The van der Waals surface area contributed by atoms with Crippen molar-refractivity contribution in [3.8, 4) is 0 Å². The molecule has 0 aliphatic carbocycles. The minimum atomic E-state index is -0.971. The van der Waals surface area contributed by atoms with E-state index in [0.29, 0.717) is 13.0 Å². The number of carbonyl (C=O) groups excluding carboxylic acids is 2. The summed E-state index contributed by atoms with van der Waals surface area (Å²) in [5, 5.41) is 10.9. The van der Waals surface area contributed by atoms with Gasteiger partial charge in [-0.1, -0.05) is 25.6 Å². The second kappa shape index (κ2) is 8.15. The highest BCUT2D eigenvalue weighted by molar-refractivity contribution is 8.14. The third kappa shape index (κ3) is 8.28. The minimum Gasteiger partial charge on any atom is -0.481 e. The van der Waals surface area contributed by atoms with Crippen molar-refractivity contribution in [1.29, 1.82) is 0 Å². The molecule has 0 aromatic rings. The molecule has 6 heteroatoms. The van der Waals surface area contributed by atoms with Gasteiger partial charge in [-0.25, -0.2) is 0 Å². The largest absolute Gasteiger partial charge is 0.481 e. The van der Waals surface area contributed by atoms with Gasteiger partial charge in [0.15, 0.2) is 5.12 Å². The molecule has 2 N–H and O–H groups in total. The van der Waals surface area contributed by atoms with Crippen LogP contribution in [0.2, 0.25) is 0 Å². The molecule has 0 aliphatic rings. The van der Waals surface area contributed by atoms with Crippen LogP contribution >= 0.6 is 11.8 Å². The molecule has 0 saturated heterocycles. The molecule has 1 atom stereocenters.